The molecule has 5 heteroatoms. The molecule has 2 aliphatic rings. The van der Waals surface area contributed by atoms with Gasteiger partial charge in [0.2, 0.25) is 5.91 Å². The van der Waals surface area contributed by atoms with E-state index in [1.165, 1.54) is 42.5 Å². The van der Waals surface area contributed by atoms with Crippen LogP contribution in [-0.4, -0.2) is 37.5 Å². The Kier molecular flexibility index (Phi) is 4.80. The second-order valence-electron chi connectivity index (χ2n) is 6.05. The molecule has 1 amide bonds. The van der Waals surface area contributed by atoms with Gasteiger partial charge in [0.25, 0.3) is 0 Å². The van der Waals surface area contributed by atoms with Gasteiger partial charge in [0, 0.05) is 11.9 Å². The number of likely N-dealkylation sites (tertiary alicyclic amines) is 1. The largest absolute Gasteiger partial charge is 0.385 e. The van der Waals surface area contributed by atoms with E-state index in [-0.39, 0.29) is 5.91 Å². The molecule has 4 nitrogen and oxygen atoms in total. The van der Waals surface area contributed by atoms with Gasteiger partial charge in [-0.2, -0.15) is 0 Å². The molecule has 0 radical (unpaired) electrons. The molecule has 3 rings (SSSR count). The second kappa shape index (κ2) is 6.79. The quantitative estimate of drug-likeness (QED) is 0.898. The number of anilines is 2. The average Bonchev–Trinajstić information content (AvgIpc) is 2.85. The standard InChI is InChI=1S/C16H25N3OS/c1-17-15-12-7-3-4-8-13(12)21-16(15)18-14(20)11-19-9-5-2-6-10-19/h17H,2-11H2,1H3,(H,18,20). The molecular formula is C16H25N3OS. The van der Waals surface area contributed by atoms with E-state index in [2.05, 4.69) is 15.5 Å². The SMILES string of the molecule is CNc1c(NC(=O)CN2CCCCC2)sc2c1CCCC2. The summed E-state index contributed by atoms with van der Waals surface area (Å²) in [4.78, 5) is 16.0. The number of rotatable bonds is 4. The maximum Gasteiger partial charge on any atom is 0.239 e. The number of carbonyl (C=O) groups excluding carboxylic acids is 1. The van der Waals surface area contributed by atoms with Crippen molar-refractivity contribution in [2.75, 3.05) is 37.3 Å². The molecule has 1 aliphatic carbocycles. The number of nitrogens with zero attached hydrogens (tertiary/aromatic N) is 1. The summed E-state index contributed by atoms with van der Waals surface area (Å²) in [6, 6.07) is 0. The lowest BCUT2D eigenvalue weighted by molar-refractivity contribution is -0.117. The fourth-order valence-electron chi connectivity index (χ4n) is 3.41. The van der Waals surface area contributed by atoms with E-state index in [0.29, 0.717) is 6.54 Å². The number of nitrogens with one attached hydrogen (secondary N) is 2. The van der Waals surface area contributed by atoms with Gasteiger partial charge in [-0.3, -0.25) is 9.69 Å². The molecule has 0 atom stereocenters. The van der Waals surface area contributed by atoms with Crippen molar-refractivity contribution in [3.8, 4) is 0 Å². The molecule has 1 aromatic heterocycles. The highest BCUT2D eigenvalue weighted by Gasteiger charge is 2.22. The first-order valence-electron chi connectivity index (χ1n) is 8.12. The number of piperidine rings is 1. The third-order valence-electron chi connectivity index (χ3n) is 4.49. The Bertz CT molecular complexity index is 506. The third-order valence-corrected chi connectivity index (χ3v) is 5.70. The lowest BCUT2D eigenvalue weighted by Gasteiger charge is -2.25. The lowest BCUT2D eigenvalue weighted by atomic mass is 9.98. The van der Waals surface area contributed by atoms with E-state index in [1.807, 2.05) is 7.05 Å². The molecule has 0 aromatic carbocycles. The van der Waals surface area contributed by atoms with Gasteiger partial charge in [0.05, 0.1) is 12.2 Å². The molecule has 0 spiro atoms. The molecule has 1 aromatic rings. The Morgan fingerprint density at radius 1 is 1.14 bits per heavy atom. The summed E-state index contributed by atoms with van der Waals surface area (Å²) >= 11 is 1.76. The van der Waals surface area contributed by atoms with Gasteiger partial charge < -0.3 is 10.6 Å². The number of amides is 1. The number of aryl methyl sites for hydroxylation is 1. The predicted octanol–water partition coefficient (Wildman–Crippen LogP) is 3.09. The summed E-state index contributed by atoms with van der Waals surface area (Å²) in [6.45, 7) is 2.66. The zero-order chi connectivity index (χ0) is 14.7. The van der Waals surface area contributed by atoms with Crippen molar-refractivity contribution in [3.05, 3.63) is 10.4 Å². The van der Waals surface area contributed by atoms with E-state index in [1.54, 1.807) is 11.3 Å². The highest BCUT2D eigenvalue weighted by Crippen LogP contribution is 2.41. The molecule has 2 heterocycles. The highest BCUT2D eigenvalue weighted by molar-refractivity contribution is 7.17. The normalized spacial score (nSPS) is 19.1. The van der Waals surface area contributed by atoms with E-state index < -0.39 is 0 Å². The molecule has 21 heavy (non-hydrogen) atoms. The van der Waals surface area contributed by atoms with Gasteiger partial charge in [0.1, 0.15) is 5.00 Å². The topological polar surface area (TPSA) is 44.4 Å². The first-order valence-corrected chi connectivity index (χ1v) is 8.94. The molecule has 0 unspecified atom stereocenters. The predicted molar refractivity (Wildman–Crippen MR) is 89.4 cm³/mol. The van der Waals surface area contributed by atoms with Gasteiger partial charge in [-0.15, -0.1) is 11.3 Å². The van der Waals surface area contributed by atoms with E-state index in [9.17, 15) is 4.79 Å². The van der Waals surface area contributed by atoms with Crippen molar-refractivity contribution >= 4 is 27.9 Å². The minimum Gasteiger partial charge on any atom is -0.385 e. The molecule has 0 saturated carbocycles. The number of thiophene rings is 1. The smallest absolute Gasteiger partial charge is 0.239 e. The van der Waals surface area contributed by atoms with Crippen LogP contribution in [0.5, 0.6) is 0 Å². The summed E-state index contributed by atoms with van der Waals surface area (Å²) in [5.41, 5.74) is 2.59. The number of hydrogen-bond acceptors (Lipinski definition) is 4. The Morgan fingerprint density at radius 3 is 2.67 bits per heavy atom. The van der Waals surface area contributed by atoms with Crippen LogP contribution in [0.1, 0.15) is 42.5 Å². The maximum atomic E-state index is 12.3. The summed E-state index contributed by atoms with van der Waals surface area (Å²) in [6.07, 6.45) is 8.60. The molecular weight excluding hydrogens is 282 g/mol. The Balaban J connectivity index is 1.66. The van der Waals surface area contributed by atoms with Crippen molar-refractivity contribution in [3.63, 3.8) is 0 Å². The fraction of sp³-hybridized carbons (Fsp3) is 0.688. The zero-order valence-electron chi connectivity index (χ0n) is 12.8. The third kappa shape index (κ3) is 3.40. The average molecular weight is 307 g/mol. The van der Waals surface area contributed by atoms with Crippen LogP contribution in [0.15, 0.2) is 0 Å². The van der Waals surface area contributed by atoms with Gasteiger partial charge >= 0.3 is 0 Å². The monoisotopic (exact) mass is 307 g/mol. The molecule has 1 saturated heterocycles. The Labute approximate surface area is 130 Å². The van der Waals surface area contributed by atoms with Crippen LogP contribution in [0.2, 0.25) is 0 Å². The van der Waals surface area contributed by atoms with Crippen molar-refractivity contribution in [2.45, 2.75) is 44.9 Å². The van der Waals surface area contributed by atoms with Crippen LogP contribution in [-0.2, 0) is 17.6 Å². The first kappa shape index (κ1) is 14.9. The Morgan fingerprint density at radius 2 is 1.90 bits per heavy atom. The van der Waals surface area contributed by atoms with E-state index >= 15 is 0 Å². The number of carbonyl (C=O) groups is 1. The van der Waals surface area contributed by atoms with Crippen molar-refractivity contribution < 1.29 is 4.79 Å². The lowest BCUT2D eigenvalue weighted by Crippen LogP contribution is -2.36. The minimum atomic E-state index is 0.131. The van der Waals surface area contributed by atoms with Crippen LogP contribution in [0.25, 0.3) is 0 Å². The van der Waals surface area contributed by atoms with E-state index in [4.69, 9.17) is 0 Å². The van der Waals surface area contributed by atoms with Crippen LogP contribution in [0.3, 0.4) is 0 Å². The summed E-state index contributed by atoms with van der Waals surface area (Å²) < 4.78 is 0. The van der Waals surface area contributed by atoms with Crippen molar-refractivity contribution in [2.24, 2.45) is 0 Å². The van der Waals surface area contributed by atoms with Crippen LogP contribution >= 0.6 is 11.3 Å². The highest BCUT2D eigenvalue weighted by atomic mass is 32.1. The molecule has 116 valence electrons. The summed E-state index contributed by atoms with van der Waals surface area (Å²) in [7, 11) is 1.96. The second-order valence-corrected chi connectivity index (χ2v) is 7.16. The van der Waals surface area contributed by atoms with Crippen molar-refractivity contribution in [1.82, 2.24) is 4.90 Å². The first-order chi connectivity index (χ1) is 10.3. The van der Waals surface area contributed by atoms with Gasteiger partial charge in [0.15, 0.2) is 0 Å². The van der Waals surface area contributed by atoms with Gasteiger partial charge in [-0.1, -0.05) is 6.42 Å². The zero-order valence-corrected chi connectivity index (χ0v) is 13.7. The molecule has 1 aliphatic heterocycles. The fourth-order valence-corrected chi connectivity index (χ4v) is 4.72. The summed E-state index contributed by atoms with van der Waals surface area (Å²) in [5, 5.41) is 7.46. The van der Waals surface area contributed by atoms with Crippen LogP contribution in [0.4, 0.5) is 10.7 Å². The molecule has 1 fully saturated rings. The Hall–Kier alpha value is -1.07. The van der Waals surface area contributed by atoms with Crippen molar-refractivity contribution in [1.29, 1.82) is 0 Å². The molecule has 0 bridgehead atoms. The van der Waals surface area contributed by atoms with Gasteiger partial charge in [-0.05, 0) is 57.2 Å². The minimum absolute atomic E-state index is 0.131. The maximum absolute atomic E-state index is 12.3. The summed E-state index contributed by atoms with van der Waals surface area (Å²) in [5.74, 6) is 0.131. The van der Waals surface area contributed by atoms with Crippen LogP contribution in [0, 0.1) is 0 Å². The number of hydrogen-bond donors (Lipinski definition) is 2. The molecule has 2 N–H and O–H groups in total. The van der Waals surface area contributed by atoms with Gasteiger partial charge in [-0.25, -0.2) is 0 Å². The number of fused-ring (bicyclic) bond motifs is 1. The van der Waals surface area contributed by atoms with Crippen LogP contribution < -0.4 is 10.6 Å². The van der Waals surface area contributed by atoms with E-state index in [0.717, 1.165) is 36.6 Å².